The number of halogens is 1. The molecule has 0 spiro atoms. The van der Waals surface area contributed by atoms with E-state index in [-0.39, 0.29) is 13.2 Å². The molecule has 0 aromatic heterocycles. The molecule has 0 bridgehead atoms. The minimum atomic E-state index is -0.820. The number of carbonyl (C=O) groups excluding carboxylic acids is 3. The lowest BCUT2D eigenvalue weighted by atomic mass is 10.1. The summed E-state index contributed by atoms with van der Waals surface area (Å²) in [7, 11) is 0. The maximum Gasteiger partial charge on any atom is 0.407 e. The fraction of sp³-hybridized carbons (Fsp3) is 0.375. The molecule has 2 atom stereocenters. The van der Waals surface area contributed by atoms with Gasteiger partial charge in [0, 0.05) is 17.1 Å². The van der Waals surface area contributed by atoms with Gasteiger partial charge in [-0.15, -0.1) is 0 Å². The standard InChI is InChI=1S/C24H30ClN3O5/c1-17(26)22(29)28-21(23(30)32-15-18-9-3-2-4-10-18)13-7-8-14-27-24(31)33-16-19-11-5-6-12-20(19)25/h2-6,9-12,17,21H,7-8,13-16,26H2,1H3,(H,27,31)(H,28,29)/t17-,21-/m0/s1. The van der Waals surface area contributed by atoms with Gasteiger partial charge in [-0.25, -0.2) is 9.59 Å². The zero-order valence-corrected chi connectivity index (χ0v) is 19.3. The number of unbranched alkanes of at least 4 members (excludes halogenated alkanes) is 1. The number of hydrogen-bond acceptors (Lipinski definition) is 6. The molecule has 2 amide bonds. The van der Waals surface area contributed by atoms with Crippen LogP contribution in [0.25, 0.3) is 0 Å². The van der Waals surface area contributed by atoms with Gasteiger partial charge < -0.3 is 25.8 Å². The first kappa shape index (κ1) is 26.2. The lowest BCUT2D eigenvalue weighted by molar-refractivity contribution is -0.149. The number of alkyl carbamates (subject to hydrolysis) is 1. The minimum Gasteiger partial charge on any atom is -0.459 e. The third kappa shape index (κ3) is 9.93. The third-order valence-corrected chi connectivity index (χ3v) is 5.11. The fourth-order valence-electron chi connectivity index (χ4n) is 2.86. The van der Waals surface area contributed by atoms with E-state index in [1.807, 2.05) is 36.4 Å². The maximum atomic E-state index is 12.5. The Hall–Kier alpha value is -3.10. The Morgan fingerprint density at radius 3 is 2.36 bits per heavy atom. The quantitative estimate of drug-likeness (QED) is 0.320. The summed E-state index contributed by atoms with van der Waals surface area (Å²) in [5.41, 5.74) is 7.17. The highest BCUT2D eigenvalue weighted by Gasteiger charge is 2.23. The van der Waals surface area contributed by atoms with Crippen molar-refractivity contribution in [2.24, 2.45) is 5.73 Å². The molecule has 0 fully saturated rings. The summed E-state index contributed by atoms with van der Waals surface area (Å²) in [6.45, 7) is 2.08. The van der Waals surface area contributed by atoms with Gasteiger partial charge in [-0.2, -0.15) is 0 Å². The number of nitrogens with two attached hydrogens (primary N) is 1. The van der Waals surface area contributed by atoms with Gasteiger partial charge in [-0.3, -0.25) is 4.79 Å². The van der Waals surface area contributed by atoms with E-state index in [9.17, 15) is 14.4 Å². The van der Waals surface area contributed by atoms with Crippen molar-refractivity contribution < 1.29 is 23.9 Å². The Morgan fingerprint density at radius 1 is 0.970 bits per heavy atom. The summed E-state index contributed by atoms with van der Waals surface area (Å²) in [5.74, 6) is -0.960. The minimum absolute atomic E-state index is 0.0736. The number of rotatable bonds is 12. The lowest BCUT2D eigenvalue weighted by Gasteiger charge is -2.19. The van der Waals surface area contributed by atoms with E-state index in [0.29, 0.717) is 30.8 Å². The average Bonchev–Trinajstić information content (AvgIpc) is 2.81. The van der Waals surface area contributed by atoms with Crippen LogP contribution in [0.4, 0.5) is 4.79 Å². The van der Waals surface area contributed by atoms with Crippen LogP contribution in [0.1, 0.15) is 37.3 Å². The highest BCUT2D eigenvalue weighted by atomic mass is 35.5. The smallest absolute Gasteiger partial charge is 0.407 e. The van der Waals surface area contributed by atoms with Crippen molar-refractivity contribution in [3.63, 3.8) is 0 Å². The van der Waals surface area contributed by atoms with Crippen molar-refractivity contribution in [1.29, 1.82) is 0 Å². The third-order valence-electron chi connectivity index (χ3n) is 4.74. The molecule has 9 heteroatoms. The first-order valence-corrected chi connectivity index (χ1v) is 11.1. The van der Waals surface area contributed by atoms with Gasteiger partial charge in [0.25, 0.3) is 0 Å². The summed E-state index contributed by atoms with van der Waals surface area (Å²) in [4.78, 5) is 36.4. The van der Waals surface area contributed by atoms with Gasteiger partial charge in [-0.05, 0) is 37.8 Å². The summed E-state index contributed by atoms with van der Waals surface area (Å²) < 4.78 is 10.5. The molecule has 0 radical (unpaired) electrons. The molecule has 2 aromatic rings. The Morgan fingerprint density at radius 2 is 1.67 bits per heavy atom. The fourth-order valence-corrected chi connectivity index (χ4v) is 3.05. The first-order chi connectivity index (χ1) is 15.9. The molecule has 0 aliphatic rings. The molecule has 0 saturated carbocycles. The largest absolute Gasteiger partial charge is 0.459 e. The molecule has 0 unspecified atom stereocenters. The van der Waals surface area contributed by atoms with E-state index in [4.69, 9.17) is 26.8 Å². The van der Waals surface area contributed by atoms with E-state index >= 15 is 0 Å². The van der Waals surface area contributed by atoms with Crippen LogP contribution in [0.15, 0.2) is 54.6 Å². The normalized spacial score (nSPS) is 12.3. The molecule has 178 valence electrons. The second-order valence-electron chi connectivity index (χ2n) is 7.53. The molecule has 0 saturated heterocycles. The Kier molecular flexibility index (Phi) is 11.2. The van der Waals surface area contributed by atoms with Crippen LogP contribution in [0.2, 0.25) is 5.02 Å². The summed E-state index contributed by atoms with van der Waals surface area (Å²) in [6, 6.07) is 14.8. The number of amides is 2. The van der Waals surface area contributed by atoms with Crippen LogP contribution in [-0.2, 0) is 32.3 Å². The zero-order chi connectivity index (χ0) is 24.1. The van der Waals surface area contributed by atoms with E-state index in [1.165, 1.54) is 0 Å². The molecule has 4 N–H and O–H groups in total. The highest BCUT2D eigenvalue weighted by Crippen LogP contribution is 2.15. The van der Waals surface area contributed by atoms with E-state index < -0.39 is 30.1 Å². The Bertz CT molecular complexity index is 908. The average molecular weight is 476 g/mol. The lowest BCUT2D eigenvalue weighted by Crippen LogP contribution is -2.47. The van der Waals surface area contributed by atoms with Crippen molar-refractivity contribution in [3.05, 3.63) is 70.7 Å². The van der Waals surface area contributed by atoms with Gasteiger partial charge in [0.15, 0.2) is 0 Å². The number of hydrogen-bond donors (Lipinski definition) is 3. The maximum absolute atomic E-state index is 12.5. The molecule has 2 aromatic carbocycles. The highest BCUT2D eigenvalue weighted by molar-refractivity contribution is 6.31. The van der Waals surface area contributed by atoms with Crippen LogP contribution < -0.4 is 16.4 Å². The van der Waals surface area contributed by atoms with Crippen molar-refractivity contribution in [1.82, 2.24) is 10.6 Å². The molecule has 0 heterocycles. The monoisotopic (exact) mass is 475 g/mol. The number of benzene rings is 2. The Balaban J connectivity index is 1.73. The van der Waals surface area contributed by atoms with Crippen LogP contribution in [-0.4, -0.2) is 36.6 Å². The topological polar surface area (TPSA) is 120 Å². The van der Waals surface area contributed by atoms with Gasteiger partial charge in [0.1, 0.15) is 19.3 Å². The predicted molar refractivity (Wildman–Crippen MR) is 125 cm³/mol. The van der Waals surface area contributed by atoms with Gasteiger partial charge in [0.05, 0.1) is 6.04 Å². The molecule has 8 nitrogen and oxygen atoms in total. The second kappa shape index (κ2) is 14.1. The molecular weight excluding hydrogens is 446 g/mol. The zero-order valence-electron chi connectivity index (χ0n) is 18.6. The van der Waals surface area contributed by atoms with Crippen LogP contribution in [0, 0.1) is 0 Å². The van der Waals surface area contributed by atoms with Gasteiger partial charge >= 0.3 is 12.1 Å². The van der Waals surface area contributed by atoms with Crippen molar-refractivity contribution in [2.45, 2.75) is 51.5 Å². The summed E-state index contributed by atoms with van der Waals surface area (Å²) >= 11 is 6.03. The summed E-state index contributed by atoms with van der Waals surface area (Å²) in [6.07, 6.45) is 0.939. The van der Waals surface area contributed by atoms with Crippen LogP contribution >= 0.6 is 11.6 Å². The van der Waals surface area contributed by atoms with Crippen molar-refractivity contribution in [2.75, 3.05) is 6.54 Å². The number of nitrogens with one attached hydrogen (secondary N) is 2. The Labute approximate surface area is 198 Å². The van der Waals surface area contributed by atoms with Gasteiger partial charge in [0.2, 0.25) is 5.91 Å². The molecule has 2 rings (SSSR count). The number of ether oxygens (including phenoxy) is 2. The van der Waals surface area contributed by atoms with Gasteiger partial charge in [-0.1, -0.05) is 60.1 Å². The molecular formula is C24H30ClN3O5. The SMILES string of the molecule is C[C@H](N)C(=O)N[C@@H](CCCCNC(=O)OCc1ccccc1Cl)C(=O)OCc1ccccc1. The predicted octanol–water partition coefficient (Wildman–Crippen LogP) is 3.31. The van der Waals surface area contributed by atoms with Crippen molar-refractivity contribution in [3.8, 4) is 0 Å². The van der Waals surface area contributed by atoms with Crippen LogP contribution in [0.5, 0.6) is 0 Å². The second-order valence-corrected chi connectivity index (χ2v) is 7.94. The molecule has 0 aliphatic carbocycles. The molecule has 0 aliphatic heterocycles. The summed E-state index contributed by atoms with van der Waals surface area (Å²) in [5, 5.41) is 5.82. The first-order valence-electron chi connectivity index (χ1n) is 10.8. The van der Waals surface area contributed by atoms with Crippen molar-refractivity contribution >= 4 is 29.6 Å². The van der Waals surface area contributed by atoms with Crippen LogP contribution in [0.3, 0.4) is 0 Å². The number of esters is 1. The van der Waals surface area contributed by atoms with E-state index in [1.54, 1.807) is 25.1 Å². The molecule has 33 heavy (non-hydrogen) atoms. The van der Waals surface area contributed by atoms with E-state index in [2.05, 4.69) is 10.6 Å². The van der Waals surface area contributed by atoms with E-state index in [0.717, 1.165) is 11.1 Å². The number of carbonyl (C=O) groups is 3.